The van der Waals surface area contributed by atoms with Crippen LogP contribution in [-0.4, -0.2) is 27.3 Å². The monoisotopic (exact) mass is 364 g/mol. The van der Waals surface area contributed by atoms with Crippen LogP contribution in [0.3, 0.4) is 0 Å². The predicted molar refractivity (Wildman–Crippen MR) is 92.4 cm³/mol. The van der Waals surface area contributed by atoms with Crippen molar-refractivity contribution < 1.29 is 9.18 Å². The van der Waals surface area contributed by atoms with Crippen LogP contribution in [0.2, 0.25) is 0 Å². The normalized spacial score (nSPS) is 15.1. The summed E-state index contributed by atoms with van der Waals surface area (Å²) in [4.78, 5) is 29.4. The van der Waals surface area contributed by atoms with E-state index in [1.165, 1.54) is 18.2 Å². The van der Waals surface area contributed by atoms with Crippen molar-refractivity contribution >= 4 is 35.6 Å². The molecule has 2 heterocycles. The first-order chi connectivity index (χ1) is 11.5. The van der Waals surface area contributed by atoms with Gasteiger partial charge in [-0.25, -0.2) is 9.82 Å². The number of hydrazone groups is 1. The molecule has 0 aliphatic carbocycles. The molecule has 0 spiro atoms. The smallest absolute Gasteiger partial charge is 0.251 e. The molecule has 0 saturated carbocycles. The highest BCUT2D eigenvalue weighted by Gasteiger charge is 2.17. The van der Waals surface area contributed by atoms with Crippen molar-refractivity contribution in [1.82, 2.24) is 15.4 Å². The Morgan fingerprint density at radius 1 is 1.38 bits per heavy atom. The first kappa shape index (κ1) is 16.6. The quantitative estimate of drug-likeness (QED) is 0.575. The molecule has 0 bridgehead atoms. The summed E-state index contributed by atoms with van der Waals surface area (Å²) in [5.41, 5.74) is 3.80. The zero-order chi connectivity index (χ0) is 17.1. The minimum Gasteiger partial charge on any atom is -0.335 e. The van der Waals surface area contributed by atoms with E-state index in [1.807, 2.05) is 0 Å². The average Bonchev–Trinajstić information content (AvgIpc) is 2.52. The number of aromatic amines is 2. The molecule has 0 fully saturated rings. The van der Waals surface area contributed by atoms with Crippen molar-refractivity contribution in [1.29, 1.82) is 0 Å². The second-order valence-corrected chi connectivity index (χ2v) is 6.67. The molecule has 0 saturated heterocycles. The van der Waals surface area contributed by atoms with E-state index in [4.69, 9.17) is 12.2 Å². The van der Waals surface area contributed by atoms with Gasteiger partial charge >= 0.3 is 0 Å². The number of carbonyl (C=O) groups excluding carboxylic acids is 1. The molecule has 6 nitrogen and oxygen atoms in total. The van der Waals surface area contributed by atoms with Gasteiger partial charge in [-0.2, -0.15) is 5.10 Å². The molecule has 1 aliphatic rings. The third-order valence-electron chi connectivity index (χ3n) is 3.33. The number of nitrogens with one attached hydrogen (secondary N) is 3. The number of amides is 1. The van der Waals surface area contributed by atoms with Gasteiger partial charge in [0.25, 0.3) is 5.56 Å². The molecule has 0 atom stereocenters. The molecule has 1 aliphatic heterocycles. The topological polar surface area (TPSA) is 90.1 Å². The van der Waals surface area contributed by atoms with E-state index >= 15 is 0 Å². The van der Waals surface area contributed by atoms with Crippen LogP contribution in [0, 0.1) is 10.6 Å². The highest BCUT2D eigenvalue weighted by Crippen LogP contribution is 2.30. The highest BCUT2D eigenvalue weighted by atomic mass is 32.2. The largest absolute Gasteiger partial charge is 0.335 e. The molecular formula is C15H13FN4O2S2. The minimum atomic E-state index is -0.394. The summed E-state index contributed by atoms with van der Waals surface area (Å²) in [5.74, 6) is 0.0791. The second-order valence-electron chi connectivity index (χ2n) is 5.12. The number of fused-ring (bicyclic) bond motifs is 1. The van der Waals surface area contributed by atoms with E-state index in [-0.39, 0.29) is 22.6 Å². The Morgan fingerprint density at radius 2 is 2.21 bits per heavy atom. The lowest BCUT2D eigenvalue weighted by molar-refractivity contribution is -0.120. The lowest BCUT2D eigenvalue weighted by Gasteiger charge is -2.17. The lowest BCUT2D eigenvalue weighted by Crippen LogP contribution is -2.24. The van der Waals surface area contributed by atoms with E-state index in [0.717, 1.165) is 10.6 Å². The van der Waals surface area contributed by atoms with Crippen LogP contribution in [-0.2, 0) is 11.2 Å². The number of aromatic nitrogens is 2. The van der Waals surface area contributed by atoms with E-state index < -0.39 is 5.91 Å². The number of hydrogen-bond donors (Lipinski definition) is 3. The lowest BCUT2D eigenvalue weighted by atomic mass is 10.1. The summed E-state index contributed by atoms with van der Waals surface area (Å²) in [6, 6.07) is 5.80. The van der Waals surface area contributed by atoms with Crippen molar-refractivity contribution in [2.24, 2.45) is 5.10 Å². The standard InChI is InChI=1S/C15H13FN4O2S2/c16-8-1-2-12-10(5-8)11(3-4-24-12)19-20-14(22)7-9-6-13(21)18-15(23)17-9/h1-2,5-6H,3-4,7H2,(H,20,22)(H2,17,18,21,23)/b19-11-. The molecule has 0 radical (unpaired) electrons. The Morgan fingerprint density at radius 3 is 3.00 bits per heavy atom. The minimum absolute atomic E-state index is 0.0604. The highest BCUT2D eigenvalue weighted by molar-refractivity contribution is 7.99. The van der Waals surface area contributed by atoms with Crippen LogP contribution in [0.15, 0.2) is 39.1 Å². The van der Waals surface area contributed by atoms with Crippen LogP contribution in [0.4, 0.5) is 4.39 Å². The van der Waals surface area contributed by atoms with Gasteiger partial charge in [-0.1, -0.05) is 0 Å². The van der Waals surface area contributed by atoms with Crippen LogP contribution >= 0.6 is 24.0 Å². The maximum absolute atomic E-state index is 13.4. The first-order valence-corrected chi connectivity index (χ1v) is 8.51. The molecule has 1 aromatic heterocycles. The summed E-state index contributed by atoms with van der Waals surface area (Å²) < 4.78 is 13.6. The summed E-state index contributed by atoms with van der Waals surface area (Å²) in [5, 5.41) is 4.12. The third kappa shape index (κ3) is 3.98. The van der Waals surface area contributed by atoms with Gasteiger partial charge in [0, 0.05) is 34.4 Å². The van der Waals surface area contributed by atoms with Crippen molar-refractivity contribution in [3.63, 3.8) is 0 Å². The molecule has 3 rings (SSSR count). The molecule has 1 aromatic carbocycles. The van der Waals surface area contributed by atoms with Gasteiger partial charge < -0.3 is 4.98 Å². The number of benzene rings is 1. The van der Waals surface area contributed by atoms with Gasteiger partial charge in [0.2, 0.25) is 5.91 Å². The Balaban J connectivity index is 1.74. The molecular weight excluding hydrogens is 351 g/mol. The fourth-order valence-corrected chi connectivity index (χ4v) is 3.56. The number of H-pyrrole nitrogens is 2. The van der Waals surface area contributed by atoms with Gasteiger partial charge in [-0.3, -0.25) is 14.6 Å². The van der Waals surface area contributed by atoms with Gasteiger partial charge in [0.15, 0.2) is 4.77 Å². The Hall–Kier alpha value is -2.26. The summed E-state index contributed by atoms with van der Waals surface area (Å²) in [6.07, 6.45) is 0.573. The van der Waals surface area contributed by atoms with Gasteiger partial charge in [-0.05, 0) is 30.4 Å². The molecule has 9 heteroatoms. The van der Waals surface area contributed by atoms with Gasteiger partial charge in [-0.15, -0.1) is 11.8 Å². The fourth-order valence-electron chi connectivity index (χ4n) is 2.32. The van der Waals surface area contributed by atoms with Gasteiger partial charge in [0.1, 0.15) is 5.82 Å². The van der Waals surface area contributed by atoms with Gasteiger partial charge in [0.05, 0.1) is 12.1 Å². The van der Waals surface area contributed by atoms with E-state index in [1.54, 1.807) is 17.8 Å². The third-order valence-corrected chi connectivity index (χ3v) is 4.61. The zero-order valence-electron chi connectivity index (χ0n) is 12.4. The second kappa shape index (κ2) is 7.10. The number of thioether (sulfide) groups is 1. The number of halogens is 1. The summed E-state index contributed by atoms with van der Waals surface area (Å²) in [7, 11) is 0. The SMILES string of the molecule is O=C(Cc1cc(=O)[nH]c(=S)[nH]1)N/N=C1/CCSc2ccc(F)cc21. The summed E-state index contributed by atoms with van der Waals surface area (Å²) >= 11 is 6.48. The molecule has 1 amide bonds. The Labute approximate surface area is 145 Å². The molecule has 124 valence electrons. The van der Waals surface area contributed by atoms with Crippen molar-refractivity contribution in [3.8, 4) is 0 Å². The Kier molecular flexibility index (Phi) is 4.91. The van der Waals surface area contributed by atoms with E-state index in [0.29, 0.717) is 23.4 Å². The van der Waals surface area contributed by atoms with Crippen LogP contribution in [0.25, 0.3) is 0 Å². The van der Waals surface area contributed by atoms with Crippen LogP contribution in [0.5, 0.6) is 0 Å². The Bertz CT molecular complexity index is 907. The van der Waals surface area contributed by atoms with Crippen molar-refractivity contribution in [3.05, 3.63) is 56.5 Å². The number of rotatable bonds is 3. The average molecular weight is 364 g/mol. The molecule has 3 N–H and O–H groups in total. The molecule has 24 heavy (non-hydrogen) atoms. The molecule has 2 aromatic rings. The number of carbonyl (C=O) groups is 1. The summed E-state index contributed by atoms with van der Waals surface area (Å²) in [6.45, 7) is 0. The van der Waals surface area contributed by atoms with Crippen LogP contribution < -0.4 is 11.0 Å². The number of nitrogens with zero attached hydrogens (tertiary/aromatic N) is 1. The van der Waals surface area contributed by atoms with Crippen LogP contribution in [0.1, 0.15) is 17.7 Å². The zero-order valence-corrected chi connectivity index (χ0v) is 14.0. The van der Waals surface area contributed by atoms with Crippen molar-refractivity contribution in [2.75, 3.05) is 5.75 Å². The maximum atomic E-state index is 13.4. The first-order valence-electron chi connectivity index (χ1n) is 7.12. The fraction of sp³-hybridized carbons (Fsp3) is 0.200. The van der Waals surface area contributed by atoms with E-state index in [9.17, 15) is 14.0 Å². The van der Waals surface area contributed by atoms with Crippen molar-refractivity contribution in [2.45, 2.75) is 17.7 Å². The maximum Gasteiger partial charge on any atom is 0.251 e. The predicted octanol–water partition coefficient (Wildman–Crippen LogP) is 2.13. The number of hydrogen-bond acceptors (Lipinski definition) is 5. The molecule has 0 unspecified atom stereocenters. The van der Waals surface area contributed by atoms with E-state index in [2.05, 4.69) is 20.5 Å².